The summed E-state index contributed by atoms with van der Waals surface area (Å²) < 4.78 is 2.04. The normalized spacial score (nSPS) is 12.1. The van der Waals surface area contributed by atoms with E-state index in [0.29, 0.717) is 19.0 Å². The SMILES string of the molecule is CC(CCNC(=O)CCc1cccnc1)n1ccnc1. The zero-order valence-corrected chi connectivity index (χ0v) is 11.7. The third-order valence-corrected chi connectivity index (χ3v) is 3.28. The fraction of sp³-hybridized carbons (Fsp3) is 0.400. The number of rotatable bonds is 7. The Morgan fingerprint density at radius 3 is 3.00 bits per heavy atom. The predicted molar refractivity (Wildman–Crippen MR) is 77.1 cm³/mol. The second-order valence-electron chi connectivity index (χ2n) is 4.86. The van der Waals surface area contributed by atoms with Crippen molar-refractivity contribution in [3.8, 4) is 0 Å². The van der Waals surface area contributed by atoms with Gasteiger partial charge in [-0.15, -0.1) is 0 Å². The number of carbonyl (C=O) groups excluding carboxylic acids is 1. The number of hydrogen-bond donors (Lipinski definition) is 1. The quantitative estimate of drug-likeness (QED) is 0.838. The molecule has 0 spiro atoms. The standard InChI is InChI=1S/C15H20N4O/c1-13(19-10-9-17-12-19)6-8-18-15(20)5-4-14-3-2-7-16-11-14/h2-3,7,9-13H,4-6,8H2,1H3,(H,18,20). The van der Waals surface area contributed by atoms with Crippen molar-refractivity contribution in [2.75, 3.05) is 6.54 Å². The van der Waals surface area contributed by atoms with Crippen molar-refractivity contribution < 1.29 is 4.79 Å². The van der Waals surface area contributed by atoms with E-state index in [1.54, 1.807) is 24.9 Å². The summed E-state index contributed by atoms with van der Waals surface area (Å²) in [5.41, 5.74) is 1.09. The molecule has 0 aliphatic heterocycles. The lowest BCUT2D eigenvalue weighted by atomic mass is 10.1. The Kier molecular flexibility index (Phi) is 5.29. The highest BCUT2D eigenvalue weighted by Gasteiger charge is 2.05. The van der Waals surface area contributed by atoms with Crippen LogP contribution in [0, 0.1) is 0 Å². The molecule has 0 bridgehead atoms. The minimum absolute atomic E-state index is 0.0895. The van der Waals surface area contributed by atoms with Gasteiger partial charge in [0, 0.05) is 43.8 Å². The molecule has 0 saturated carbocycles. The largest absolute Gasteiger partial charge is 0.356 e. The molecule has 2 aromatic heterocycles. The molecule has 106 valence electrons. The van der Waals surface area contributed by atoms with Gasteiger partial charge in [0.2, 0.25) is 5.91 Å². The van der Waals surface area contributed by atoms with Crippen LogP contribution in [0.4, 0.5) is 0 Å². The summed E-state index contributed by atoms with van der Waals surface area (Å²) in [7, 11) is 0. The third-order valence-electron chi connectivity index (χ3n) is 3.28. The maximum atomic E-state index is 11.7. The number of nitrogens with zero attached hydrogens (tertiary/aromatic N) is 3. The topological polar surface area (TPSA) is 59.8 Å². The van der Waals surface area contributed by atoms with Crippen LogP contribution in [0.3, 0.4) is 0 Å². The molecule has 0 fully saturated rings. The van der Waals surface area contributed by atoms with Gasteiger partial charge in [-0.3, -0.25) is 9.78 Å². The molecule has 20 heavy (non-hydrogen) atoms. The van der Waals surface area contributed by atoms with Crippen molar-refractivity contribution in [1.29, 1.82) is 0 Å². The zero-order chi connectivity index (χ0) is 14.2. The summed E-state index contributed by atoms with van der Waals surface area (Å²) in [6.45, 7) is 2.80. The fourth-order valence-corrected chi connectivity index (χ4v) is 1.99. The summed E-state index contributed by atoms with van der Waals surface area (Å²) in [6, 6.07) is 4.22. The van der Waals surface area contributed by atoms with Gasteiger partial charge >= 0.3 is 0 Å². The monoisotopic (exact) mass is 272 g/mol. The van der Waals surface area contributed by atoms with Crippen LogP contribution in [0.2, 0.25) is 0 Å². The molecule has 5 nitrogen and oxygen atoms in total. The number of carbonyl (C=O) groups is 1. The Bertz CT molecular complexity index is 510. The summed E-state index contributed by atoms with van der Waals surface area (Å²) in [6.07, 6.45) is 11.2. The molecular weight excluding hydrogens is 252 g/mol. The second-order valence-corrected chi connectivity index (χ2v) is 4.86. The van der Waals surface area contributed by atoms with Crippen molar-refractivity contribution in [2.45, 2.75) is 32.2 Å². The first kappa shape index (κ1) is 14.2. The highest BCUT2D eigenvalue weighted by Crippen LogP contribution is 2.08. The summed E-state index contributed by atoms with van der Waals surface area (Å²) in [4.78, 5) is 19.8. The van der Waals surface area contributed by atoms with Crippen LogP contribution >= 0.6 is 0 Å². The number of aromatic nitrogens is 3. The predicted octanol–water partition coefficient (Wildman–Crippen LogP) is 1.98. The van der Waals surface area contributed by atoms with Crippen molar-refractivity contribution in [2.24, 2.45) is 0 Å². The van der Waals surface area contributed by atoms with Crippen LogP contribution < -0.4 is 5.32 Å². The first-order chi connectivity index (χ1) is 9.75. The first-order valence-corrected chi connectivity index (χ1v) is 6.89. The highest BCUT2D eigenvalue weighted by molar-refractivity contribution is 5.76. The minimum Gasteiger partial charge on any atom is -0.356 e. The van der Waals surface area contributed by atoms with Crippen LogP contribution in [0.5, 0.6) is 0 Å². The molecule has 5 heteroatoms. The molecule has 2 rings (SSSR count). The van der Waals surface area contributed by atoms with Crippen LogP contribution in [0.1, 0.15) is 31.4 Å². The number of imidazole rings is 1. The van der Waals surface area contributed by atoms with E-state index in [9.17, 15) is 4.79 Å². The molecule has 2 aromatic rings. The van der Waals surface area contributed by atoms with Gasteiger partial charge < -0.3 is 9.88 Å². The molecule has 2 heterocycles. The fourth-order valence-electron chi connectivity index (χ4n) is 1.99. The van der Waals surface area contributed by atoms with E-state index in [1.807, 2.05) is 22.9 Å². The third kappa shape index (κ3) is 4.50. The molecule has 0 aliphatic rings. The summed E-state index contributed by atoms with van der Waals surface area (Å²) in [5.74, 6) is 0.0895. The Morgan fingerprint density at radius 2 is 2.30 bits per heavy atom. The van der Waals surface area contributed by atoms with Gasteiger partial charge in [-0.05, 0) is 31.4 Å². The molecule has 0 saturated heterocycles. The lowest BCUT2D eigenvalue weighted by Gasteiger charge is -2.13. The number of amides is 1. The van der Waals surface area contributed by atoms with Gasteiger partial charge in [0.25, 0.3) is 0 Å². The van der Waals surface area contributed by atoms with Crippen LogP contribution in [0.15, 0.2) is 43.2 Å². The van der Waals surface area contributed by atoms with E-state index >= 15 is 0 Å². The van der Waals surface area contributed by atoms with Gasteiger partial charge in [-0.2, -0.15) is 0 Å². The smallest absolute Gasteiger partial charge is 0.220 e. The van der Waals surface area contributed by atoms with E-state index in [4.69, 9.17) is 0 Å². The molecule has 1 atom stereocenters. The number of nitrogens with one attached hydrogen (secondary N) is 1. The van der Waals surface area contributed by atoms with E-state index in [0.717, 1.165) is 18.4 Å². The lowest BCUT2D eigenvalue weighted by molar-refractivity contribution is -0.121. The van der Waals surface area contributed by atoms with Crippen molar-refractivity contribution in [3.63, 3.8) is 0 Å². The van der Waals surface area contributed by atoms with E-state index in [2.05, 4.69) is 22.2 Å². The highest BCUT2D eigenvalue weighted by atomic mass is 16.1. The average Bonchev–Trinajstić information content (AvgIpc) is 3.00. The maximum Gasteiger partial charge on any atom is 0.220 e. The number of pyridine rings is 1. The summed E-state index contributed by atoms with van der Waals surface area (Å²) in [5, 5.41) is 2.95. The maximum absolute atomic E-state index is 11.7. The van der Waals surface area contributed by atoms with Crippen LogP contribution in [0.25, 0.3) is 0 Å². The number of aryl methyl sites for hydroxylation is 1. The van der Waals surface area contributed by atoms with Crippen LogP contribution in [-0.4, -0.2) is 27.0 Å². The molecule has 1 N–H and O–H groups in total. The molecule has 1 unspecified atom stereocenters. The Hall–Kier alpha value is -2.17. The van der Waals surface area contributed by atoms with E-state index in [1.165, 1.54) is 0 Å². The van der Waals surface area contributed by atoms with Gasteiger partial charge in [0.15, 0.2) is 0 Å². The van der Waals surface area contributed by atoms with Crippen molar-refractivity contribution in [1.82, 2.24) is 19.9 Å². The molecule has 0 aromatic carbocycles. The van der Waals surface area contributed by atoms with E-state index < -0.39 is 0 Å². The van der Waals surface area contributed by atoms with Gasteiger partial charge in [0.05, 0.1) is 6.33 Å². The molecule has 0 radical (unpaired) electrons. The molecular formula is C15H20N4O. The first-order valence-electron chi connectivity index (χ1n) is 6.89. The van der Waals surface area contributed by atoms with Gasteiger partial charge in [-0.25, -0.2) is 4.98 Å². The lowest BCUT2D eigenvalue weighted by Crippen LogP contribution is -2.26. The second kappa shape index (κ2) is 7.43. The minimum atomic E-state index is 0.0895. The van der Waals surface area contributed by atoms with Crippen molar-refractivity contribution in [3.05, 3.63) is 48.8 Å². The molecule has 1 amide bonds. The summed E-state index contributed by atoms with van der Waals surface area (Å²) >= 11 is 0. The number of hydrogen-bond acceptors (Lipinski definition) is 3. The Balaban J connectivity index is 1.63. The zero-order valence-electron chi connectivity index (χ0n) is 11.7. The average molecular weight is 272 g/mol. The van der Waals surface area contributed by atoms with Gasteiger partial charge in [-0.1, -0.05) is 6.07 Å². The van der Waals surface area contributed by atoms with Crippen molar-refractivity contribution >= 4 is 5.91 Å². The Morgan fingerprint density at radius 1 is 1.40 bits per heavy atom. The van der Waals surface area contributed by atoms with Crippen LogP contribution in [-0.2, 0) is 11.2 Å². The Labute approximate surface area is 119 Å². The van der Waals surface area contributed by atoms with E-state index in [-0.39, 0.29) is 5.91 Å². The van der Waals surface area contributed by atoms with Gasteiger partial charge in [0.1, 0.15) is 0 Å². The molecule has 0 aliphatic carbocycles.